The van der Waals surface area contributed by atoms with Crippen LogP contribution in [0.15, 0.2) is 0 Å². The normalized spacial score (nSPS) is 28.3. The van der Waals surface area contributed by atoms with Gasteiger partial charge in [-0.1, -0.05) is 0 Å². The maximum atomic E-state index is 13.6. The summed E-state index contributed by atoms with van der Waals surface area (Å²) >= 11 is 0. The lowest BCUT2D eigenvalue weighted by molar-refractivity contribution is -0.162. The summed E-state index contributed by atoms with van der Waals surface area (Å²) < 4.78 is 0. The van der Waals surface area contributed by atoms with Crippen LogP contribution in [-0.4, -0.2) is 45.8 Å². The summed E-state index contributed by atoms with van der Waals surface area (Å²) in [6.45, 7) is 16.7. The Morgan fingerprint density at radius 1 is 0.577 bits per heavy atom. The number of nitrogens with zero attached hydrogens (tertiary/aromatic N) is 2. The molecule has 0 radical (unpaired) electrons. The Kier molecular flexibility index (Phi) is 6.79. The van der Waals surface area contributed by atoms with Crippen molar-refractivity contribution in [1.29, 1.82) is 0 Å². The molecule has 2 unspecified atom stereocenters. The highest BCUT2D eigenvalue weighted by molar-refractivity contribution is 5.89. The molecule has 0 aromatic rings. The van der Waals surface area contributed by atoms with Crippen molar-refractivity contribution < 1.29 is 9.59 Å². The number of rotatable bonds is 6. The van der Waals surface area contributed by atoms with Gasteiger partial charge in [-0.2, -0.15) is 0 Å². The zero-order valence-electron chi connectivity index (χ0n) is 18.2. The van der Waals surface area contributed by atoms with Gasteiger partial charge in [0.05, 0.1) is 11.8 Å². The molecule has 0 aromatic carbocycles. The fraction of sp³-hybridized carbons (Fsp3) is 0.909. The number of carbonyl (C=O) groups is 2. The Balaban J connectivity index is 2.38. The summed E-state index contributed by atoms with van der Waals surface area (Å²) in [5.74, 6) is 0.940. The van der Waals surface area contributed by atoms with Crippen LogP contribution in [0.1, 0.15) is 81.1 Å². The lowest BCUT2D eigenvalue weighted by Crippen LogP contribution is -2.58. The second-order valence-electron chi connectivity index (χ2n) is 9.59. The van der Waals surface area contributed by atoms with E-state index >= 15 is 0 Å². The van der Waals surface area contributed by atoms with Crippen LogP contribution in [0.5, 0.6) is 0 Å². The number of carbonyl (C=O) groups excluding carboxylic acids is 2. The molecule has 4 heteroatoms. The molecule has 3 aliphatic rings. The summed E-state index contributed by atoms with van der Waals surface area (Å²) in [6, 6.07) is 0.685. The standard InChI is InChI=1S/C22H40N2O2/c1-13(2)23(14(3)4)21(25)19-17-9-11-18(12-10-17)20(19)22(26)24(15(5)6)16(7)8/h13-20H,9-12H2,1-8H3. The summed E-state index contributed by atoms with van der Waals surface area (Å²) in [7, 11) is 0. The van der Waals surface area contributed by atoms with E-state index < -0.39 is 0 Å². The molecule has 0 aliphatic heterocycles. The van der Waals surface area contributed by atoms with Crippen LogP contribution in [0, 0.1) is 23.7 Å². The molecular weight excluding hydrogens is 324 g/mol. The number of hydrogen-bond acceptors (Lipinski definition) is 2. The van der Waals surface area contributed by atoms with E-state index in [0.29, 0.717) is 11.8 Å². The highest BCUT2D eigenvalue weighted by Crippen LogP contribution is 2.50. The van der Waals surface area contributed by atoms with E-state index in [2.05, 4.69) is 55.4 Å². The monoisotopic (exact) mass is 364 g/mol. The second-order valence-corrected chi connectivity index (χ2v) is 9.59. The fourth-order valence-corrected chi connectivity index (χ4v) is 5.71. The molecule has 0 N–H and O–H groups in total. The maximum absolute atomic E-state index is 13.6. The van der Waals surface area contributed by atoms with E-state index in [1.807, 2.05) is 9.80 Å². The zero-order chi connectivity index (χ0) is 19.8. The van der Waals surface area contributed by atoms with Gasteiger partial charge in [0.15, 0.2) is 0 Å². The predicted octanol–water partition coefficient (Wildman–Crippen LogP) is 4.33. The maximum Gasteiger partial charge on any atom is 0.227 e. The average Bonchev–Trinajstić information content (AvgIpc) is 2.53. The Labute approximate surface area is 160 Å². The molecule has 150 valence electrons. The van der Waals surface area contributed by atoms with Gasteiger partial charge in [-0.05, 0) is 92.9 Å². The van der Waals surface area contributed by atoms with Crippen LogP contribution in [0.3, 0.4) is 0 Å². The molecule has 4 nitrogen and oxygen atoms in total. The van der Waals surface area contributed by atoms with Gasteiger partial charge in [0.2, 0.25) is 11.8 Å². The van der Waals surface area contributed by atoms with E-state index in [4.69, 9.17) is 0 Å². The first-order valence-electron chi connectivity index (χ1n) is 10.7. The van der Waals surface area contributed by atoms with Crippen molar-refractivity contribution in [2.75, 3.05) is 0 Å². The van der Waals surface area contributed by atoms with Crippen molar-refractivity contribution in [1.82, 2.24) is 9.80 Å². The van der Waals surface area contributed by atoms with Gasteiger partial charge in [-0.3, -0.25) is 9.59 Å². The van der Waals surface area contributed by atoms with Crippen molar-refractivity contribution in [3.05, 3.63) is 0 Å². The molecular formula is C22H40N2O2. The molecule has 0 heterocycles. The Hall–Kier alpha value is -1.06. The van der Waals surface area contributed by atoms with Crippen LogP contribution in [0.4, 0.5) is 0 Å². The largest absolute Gasteiger partial charge is 0.338 e. The average molecular weight is 365 g/mol. The number of fused-ring (bicyclic) bond motifs is 3. The molecule has 2 amide bonds. The van der Waals surface area contributed by atoms with E-state index in [0.717, 1.165) is 25.7 Å². The first kappa shape index (κ1) is 21.2. The van der Waals surface area contributed by atoms with E-state index in [-0.39, 0.29) is 47.8 Å². The van der Waals surface area contributed by atoms with Gasteiger partial charge < -0.3 is 9.80 Å². The number of amides is 2. The molecule has 3 saturated carbocycles. The molecule has 3 rings (SSSR count). The smallest absolute Gasteiger partial charge is 0.227 e. The summed E-state index contributed by atoms with van der Waals surface area (Å²) in [6.07, 6.45) is 4.44. The third kappa shape index (κ3) is 3.94. The van der Waals surface area contributed by atoms with Gasteiger partial charge in [0.25, 0.3) is 0 Å². The summed E-state index contributed by atoms with van der Waals surface area (Å²) in [5, 5.41) is 0. The Morgan fingerprint density at radius 2 is 0.808 bits per heavy atom. The molecule has 2 atom stereocenters. The molecule has 3 fully saturated rings. The van der Waals surface area contributed by atoms with Crippen LogP contribution in [-0.2, 0) is 9.59 Å². The van der Waals surface area contributed by atoms with Crippen molar-refractivity contribution >= 4 is 11.8 Å². The van der Waals surface area contributed by atoms with Crippen molar-refractivity contribution in [3.8, 4) is 0 Å². The van der Waals surface area contributed by atoms with Crippen molar-refractivity contribution in [2.45, 2.75) is 105 Å². The minimum absolute atomic E-state index is 0.125. The van der Waals surface area contributed by atoms with Crippen LogP contribution >= 0.6 is 0 Å². The van der Waals surface area contributed by atoms with E-state index in [1.54, 1.807) is 0 Å². The van der Waals surface area contributed by atoms with Crippen molar-refractivity contribution in [3.63, 3.8) is 0 Å². The van der Waals surface area contributed by atoms with Crippen LogP contribution in [0.25, 0.3) is 0 Å². The Bertz CT molecular complexity index is 442. The Morgan fingerprint density at radius 3 is 1.00 bits per heavy atom. The van der Waals surface area contributed by atoms with Gasteiger partial charge >= 0.3 is 0 Å². The van der Waals surface area contributed by atoms with E-state index in [1.165, 1.54) is 0 Å². The minimum Gasteiger partial charge on any atom is -0.338 e. The molecule has 2 bridgehead atoms. The van der Waals surface area contributed by atoms with Gasteiger partial charge in [-0.15, -0.1) is 0 Å². The molecule has 26 heavy (non-hydrogen) atoms. The third-order valence-corrected chi connectivity index (χ3v) is 6.52. The molecule has 0 aromatic heterocycles. The van der Waals surface area contributed by atoms with Crippen molar-refractivity contribution in [2.24, 2.45) is 23.7 Å². The summed E-state index contributed by atoms with van der Waals surface area (Å²) in [4.78, 5) is 31.2. The highest BCUT2D eigenvalue weighted by atomic mass is 16.2. The van der Waals surface area contributed by atoms with Crippen LogP contribution < -0.4 is 0 Å². The lowest BCUT2D eigenvalue weighted by Gasteiger charge is -2.51. The molecule has 0 saturated heterocycles. The quantitative estimate of drug-likeness (QED) is 0.704. The SMILES string of the molecule is CC(C)N(C(=O)C1C2CCC(CC2)C1C(=O)N(C(C)C)C(C)C)C(C)C. The highest BCUT2D eigenvalue weighted by Gasteiger charge is 2.52. The zero-order valence-corrected chi connectivity index (χ0v) is 18.2. The van der Waals surface area contributed by atoms with Gasteiger partial charge in [-0.25, -0.2) is 0 Å². The lowest BCUT2D eigenvalue weighted by atomic mass is 9.57. The summed E-state index contributed by atoms with van der Waals surface area (Å²) in [5.41, 5.74) is 0. The fourth-order valence-electron chi connectivity index (χ4n) is 5.71. The third-order valence-electron chi connectivity index (χ3n) is 6.52. The molecule has 3 aliphatic carbocycles. The second kappa shape index (κ2) is 8.31. The first-order valence-corrected chi connectivity index (χ1v) is 10.7. The topological polar surface area (TPSA) is 40.6 Å². The first-order chi connectivity index (χ1) is 12.1. The van der Waals surface area contributed by atoms with E-state index in [9.17, 15) is 9.59 Å². The van der Waals surface area contributed by atoms with Gasteiger partial charge in [0.1, 0.15) is 0 Å². The number of hydrogen-bond donors (Lipinski definition) is 0. The molecule has 0 spiro atoms. The minimum atomic E-state index is -0.125. The van der Waals surface area contributed by atoms with Gasteiger partial charge in [0, 0.05) is 24.2 Å². The van der Waals surface area contributed by atoms with Crippen LogP contribution in [0.2, 0.25) is 0 Å². The predicted molar refractivity (Wildman–Crippen MR) is 107 cm³/mol.